The lowest BCUT2D eigenvalue weighted by atomic mass is 9.95. The van der Waals surface area contributed by atoms with Crippen LogP contribution in [0, 0.1) is 18.3 Å². The van der Waals surface area contributed by atoms with Crippen molar-refractivity contribution < 1.29 is 9.59 Å². The van der Waals surface area contributed by atoms with E-state index in [1.807, 2.05) is 39.8 Å². The van der Waals surface area contributed by atoms with E-state index in [0.29, 0.717) is 29.6 Å². The van der Waals surface area contributed by atoms with Crippen LogP contribution in [0.25, 0.3) is 0 Å². The van der Waals surface area contributed by atoms with Crippen LogP contribution in [0.3, 0.4) is 0 Å². The Hall–Kier alpha value is -1.59. The number of piperidine rings is 1. The molecule has 0 spiro atoms. The van der Waals surface area contributed by atoms with Crippen LogP contribution in [0.15, 0.2) is 18.2 Å². The van der Waals surface area contributed by atoms with Gasteiger partial charge in [0.15, 0.2) is 0 Å². The molecule has 0 radical (unpaired) electrons. The van der Waals surface area contributed by atoms with Gasteiger partial charge < -0.3 is 15.5 Å². The van der Waals surface area contributed by atoms with Crippen molar-refractivity contribution in [1.29, 1.82) is 0 Å². The van der Waals surface area contributed by atoms with Gasteiger partial charge in [0.1, 0.15) is 0 Å². The first-order valence-corrected chi connectivity index (χ1v) is 10.1. The maximum atomic E-state index is 12.3. The lowest BCUT2D eigenvalue weighted by molar-refractivity contribution is -0.128. The van der Waals surface area contributed by atoms with Gasteiger partial charge in [0.2, 0.25) is 5.91 Å². The molecule has 0 saturated carbocycles. The summed E-state index contributed by atoms with van der Waals surface area (Å²) in [4.78, 5) is 26.6. The standard InChI is InChI=1S/C21H32ClN3O2/c1-15-11-17(13-18(22)12-15)19(26)24-14-16-5-8-25(9-6-16)10-7-23-20(27)21(2,3)4/h11-13,16H,5-10,14H2,1-4H3,(H,23,27)(H,24,26). The predicted octanol–water partition coefficient (Wildman–Crippen LogP) is 3.25. The Balaban J connectivity index is 1.67. The monoisotopic (exact) mass is 393 g/mol. The number of hydrogen-bond donors (Lipinski definition) is 2. The molecule has 2 N–H and O–H groups in total. The van der Waals surface area contributed by atoms with Gasteiger partial charge in [-0.05, 0) is 62.5 Å². The minimum absolute atomic E-state index is 0.0621. The zero-order valence-corrected chi connectivity index (χ0v) is 17.7. The van der Waals surface area contributed by atoms with Crippen LogP contribution in [0.2, 0.25) is 5.02 Å². The molecule has 1 aromatic rings. The molecule has 0 aliphatic carbocycles. The number of carbonyl (C=O) groups is 2. The summed E-state index contributed by atoms with van der Waals surface area (Å²) in [6.45, 7) is 12.0. The highest BCUT2D eigenvalue weighted by Crippen LogP contribution is 2.18. The molecular formula is C21H32ClN3O2. The molecule has 0 aromatic heterocycles. The number of nitrogens with zero attached hydrogens (tertiary/aromatic N) is 1. The Morgan fingerprint density at radius 3 is 2.41 bits per heavy atom. The highest BCUT2D eigenvalue weighted by atomic mass is 35.5. The summed E-state index contributed by atoms with van der Waals surface area (Å²) in [5.74, 6) is 0.527. The van der Waals surface area contributed by atoms with E-state index in [1.54, 1.807) is 6.07 Å². The van der Waals surface area contributed by atoms with E-state index in [0.717, 1.165) is 38.0 Å². The molecule has 1 fully saturated rings. The molecule has 0 bridgehead atoms. The van der Waals surface area contributed by atoms with E-state index < -0.39 is 0 Å². The first kappa shape index (κ1) is 21.7. The van der Waals surface area contributed by atoms with Gasteiger partial charge in [0, 0.05) is 35.6 Å². The van der Waals surface area contributed by atoms with Gasteiger partial charge in [0.05, 0.1) is 0 Å². The number of hydrogen-bond acceptors (Lipinski definition) is 3. The lowest BCUT2D eigenvalue weighted by Crippen LogP contribution is -2.43. The number of aryl methyl sites for hydroxylation is 1. The van der Waals surface area contributed by atoms with Gasteiger partial charge in [-0.2, -0.15) is 0 Å². The van der Waals surface area contributed by atoms with E-state index in [4.69, 9.17) is 11.6 Å². The van der Waals surface area contributed by atoms with E-state index in [-0.39, 0.29) is 17.2 Å². The fraction of sp³-hybridized carbons (Fsp3) is 0.619. The van der Waals surface area contributed by atoms with Crippen molar-refractivity contribution in [1.82, 2.24) is 15.5 Å². The summed E-state index contributed by atoms with van der Waals surface area (Å²) >= 11 is 6.03. The fourth-order valence-electron chi connectivity index (χ4n) is 3.21. The average molecular weight is 394 g/mol. The first-order chi connectivity index (χ1) is 12.6. The van der Waals surface area contributed by atoms with Crippen LogP contribution >= 0.6 is 11.6 Å². The summed E-state index contributed by atoms with van der Waals surface area (Å²) in [6, 6.07) is 5.41. The van der Waals surface area contributed by atoms with Crippen molar-refractivity contribution in [2.75, 3.05) is 32.7 Å². The quantitative estimate of drug-likeness (QED) is 0.779. The normalized spacial score (nSPS) is 16.2. The number of rotatable bonds is 6. The Labute approximate surface area is 167 Å². The van der Waals surface area contributed by atoms with Crippen molar-refractivity contribution >= 4 is 23.4 Å². The van der Waals surface area contributed by atoms with Gasteiger partial charge >= 0.3 is 0 Å². The van der Waals surface area contributed by atoms with E-state index in [1.165, 1.54) is 0 Å². The molecule has 2 rings (SSSR count). The van der Waals surface area contributed by atoms with Crippen LogP contribution in [-0.4, -0.2) is 49.4 Å². The number of benzene rings is 1. The summed E-state index contributed by atoms with van der Waals surface area (Å²) in [5, 5.41) is 6.63. The molecule has 27 heavy (non-hydrogen) atoms. The van der Waals surface area contributed by atoms with E-state index in [9.17, 15) is 9.59 Å². The topological polar surface area (TPSA) is 61.4 Å². The third-order valence-corrected chi connectivity index (χ3v) is 5.18. The first-order valence-electron chi connectivity index (χ1n) is 9.71. The number of likely N-dealkylation sites (tertiary alicyclic amines) is 1. The lowest BCUT2D eigenvalue weighted by Gasteiger charge is -2.32. The zero-order valence-electron chi connectivity index (χ0n) is 16.9. The van der Waals surface area contributed by atoms with Crippen molar-refractivity contribution in [3.63, 3.8) is 0 Å². The third-order valence-electron chi connectivity index (χ3n) is 4.96. The summed E-state index contributed by atoms with van der Waals surface area (Å²) < 4.78 is 0. The smallest absolute Gasteiger partial charge is 0.251 e. The minimum atomic E-state index is -0.341. The number of amides is 2. The molecule has 1 saturated heterocycles. The van der Waals surface area contributed by atoms with Crippen LogP contribution in [0.5, 0.6) is 0 Å². The fourth-order valence-corrected chi connectivity index (χ4v) is 3.50. The Morgan fingerprint density at radius 2 is 1.81 bits per heavy atom. The van der Waals surface area contributed by atoms with Gasteiger partial charge in [-0.3, -0.25) is 9.59 Å². The minimum Gasteiger partial charge on any atom is -0.354 e. The summed E-state index contributed by atoms with van der Waals surface area (Å²) in [7, 11) is 0. The second-order valence-corrected chi connectivity index (χ2v) is 8.95. The number of carbonyl (C=O) groups excluding carboxylic acids is 2. The second kappa shape index (κ2) is 9.56. The van der Waals surface area contributed by atoms with Crippen LogP contribution in [0.4, 0.5) is 0 Å². The molecule has 1 aliphatic heterocycles. The number of nitrogens with one attached hydrogen (secondary N) is 2. The zero-order chi connectivity index (χ0) is 20.0. The van der Waals surface area contributed by atoms with E-state index >= 15 is 0 Å². The Kier molecular flexibility index (Phi) is 7.68. The summed E-state index contributed by atoms with van der Waals surface area (Å²) in [5.41, 5.74) is 1.26. The SMILES string of the molecule is Cc1cc(Cl)cc(C(=O)NCC2CCN(CCNC(=O)C(C)(C)C)CC2)c1. The Bertz CT molecular complexity index is 642. The molecule has 2 amide bonds. The molecule has 5 nitrogen and oxygen atoms in total. The van der Waals surface area contributed by atoms with Crippen molar-refractivity contribution in [3.8, 4) is 0 Å². The van der Waals surface area contributed by atoms with Crippen molar-refractivity contribution in [2.45, 2.75) is 40.5 Å². The predicted molar refractivity (Wildman–Crippen MR) is 110 cm³/mol. The largest absolute Gasteiger partial charge is 0.354 e. The molecule has 1 heterocycles. The van der Waals surface area contributed by atoms with Gasteiger partial charge in [0.25, 0.3) is 5.91 Å². The highest BCUT2D eigenvalue weighted by molar-refractivity contribution is 6.31. The van der Waals surface area contributed by atoms with Crippen molar-refractivity contribution in [3.05, 3.63) is 34.3 Å². The maximum absolute atomic E-state index is 12.3. The highest BCUT2D eigenvalue weighted by Gasteiger charge is 2.22. The number of halogens is 1. The molecular weight excluding hydrogens is 362 g/mol. The molecule has 1 aromatic carbocycles. The van der Waals surface area contributed by atoms with E-state index in [2.05, 4.69) is 15.5 Å². The molecule has 0 unspecified atom stereocenters. The molecule has 150 valence electrons. The molecule has 0 atom stereocenters. The van der Waals surface area contributed by atoms with Gasteiger partial charge in [-0.1, -0.05) is 32.4 Å². The van der Waals surface area contributed by atoms with Gasteiger partial charge in [-0.15, -0.1) is 0 Å². The maximum Gasteiger partial charge on any atom is 0.251 e. The second-order valence-electron chi connectivity index (χ2n) is 8.52. The average Bonchev–Trinajstić information content (AvgIpc) is 2.59. The third kappa shape index (κ3) is 7.15. The molecule has 1 aliphatic rings. The van der Waals surface area contributed by atoms with Crippen LogP contribution < -0.4 is 10.6 Å². The van der Waals surface area contributed by atoms with Crippen molar-refractivity contribution in [2.24, 2.45) is 11.3 Å². The Morgan fingerprint density at radius 1 is 1.15 bits per heavy atom. The summed E-state index contributed by atoms with van der Waals surface area (Å²) in [6.07, 6.45) is 2.12. The van der Waals surface area contributed by atoms with Crippen LogP contribution in [-0.2, 0) is 4.79 Å². The molecule has 6 heteroatoms. The van der Waals surface area contributed by atoms with Gasteiger partial charge in [-0.25, -0.2) is 0 Å². The van der Waals surface area contributed by atoms with Crippen LogP contribution in [0.1, 0.15) is 49.5 Å².